The molecule has 0 spiro atoms. The van der Waals surface area contributed by atoms with Crippen molar-refractivity contribution in [3.8, 4) is 0 Å². The standard InChI is InChI=1S/C13H16OS/c14-11(7-9-5-6-9)13-8-10-3-1-2-4-12(10)15-13/h1-4,9,11,13-14H,5-8H2. The highest BCUT2D eigenvalue weighted by atomic mass is 32.2. The average Bonchev–Trinajstić information content (AvgIpc) is 2.95. The van der Waals surface area contributed by atoms with Crippen LogP contribution < -0.4 is 0 Å². The molecule has 1 aromatic carbocycles. The number of hydrogen-bond acceptors (Lipinski definition) is 2. The lowest BCUT2D eigenvalue weighted by atomic mass is 10.0. The number of thioether (sulfide) groups is 1. The molecule has 3 rings (SSSR count). The fraction of sp³-hybridized carbons (Fsp3) is 0.538. The van der Waals surface area contributed by atoms with Gasteiger partial charge in [0.2, 0.25) is 0 Å². The highest BCUT2D eigenvalue weighted by Gasteiger charge is 2.32. The molecule has 0 saturated heterocycles. The molecule has 80 valence electrons. The van der Waals surface area contributed by atoms with E-state index in [0.717, 1.165) is 18.8 Å². The minimum Gasteiger partial charge on any atom is -0.392 e. The summed E-state index contributed by atoms with van der Waals surface area (Å²) in [4.78, 5) is 1.37. The van der Waals surface area contributed by atoms with Crippen molar-refractivity contribution in [3.05, 3.63) is 29.8 Å². The first-order chi connectivity index (χ1) is 7.33. The number of rotatable bonds is 3. The van der Waals surface area contributed by atoms with Gasteiger partial charge >= 0.3 is 0 Å². The first-order valence-electron chi connectivity index (χ1n) is 5.75. The summed E-state index contributed by atoms with van der Waals surface area (Å²) in [5.74, 6) is 0.823. The molecule has 2 heteroatoms. The van der Waals surface area contributed by atoms with E-state index in [2.05, 4.69) is 24.3 Å². The minimum absolute atomic E-state index is 0.102. The fourth-order valence-electron chi connectivity index (χ4n) is 2.27. The Labute approximate surface area is 94.9 Å². The van der Waals surface area contributed by atoms with Gasteiger partial charge in [0.25, 0.3) is 0 Å². The predicted molar refractivity (Wildman–Crippen MR) is 63.1 cm³/mol. The minimum atomic E-state index is -0.102. The van der Waals surface area contributed by atoms with Gasteiger partial charge in [-0.2, -0.15) is 0 Å². The van der Waals surface area contributed by atoms with Crippen molar-refractivity contribution in [2.24, 2.45) is 5.92 Å². The molecule has 1 saturated carbocycles. The van der Waals surface area contributed by atoms with Crippen LogP contribution in [0.15, 0.2) is 29.2 Å². The van der Waals surface area contributed by atoms with Crippen LogP contribution in [0.25, 0.3) is 0 Å². The van der Waals surface area contributed by atoms with Gasteiger partial charge in [-0.1, -0.05) is 31.0 Å². The third-order valence-corrected chi connectivity index (χ3v) is 4.81. The van der Waals surface area contributed by atoms with Crippen molar-refractivity contribution in [3.63, 3.8) is 0 Å². The molecule has 0 amide bonds. The molecule has 0 aromatic heterocycles. The fourth-order valence-corrected chi connectivity index (χ4v) is 3.59. The Balaban J connectivity index is 1.66. The van der Waals surface area contributed by atoms with Crippen LogP contribution in [0.1, 0.15) is 24.8 Å². The zero-order valence-corrected chi connectivity index (χ0v) is 9.54. The van der Waals surface area contributed by atoms with E-state index in [0.29, 0.717) is 5.25 Å². The molecule has 1 aliphatic heterocycles. The molecule has 1 aromatic rings. The molecule has 2 aliphatic rings. The molecule has 0 radical (unpaired) electrons. The highest BCUT2D eigenvalue weighted by Crippen LogP contribution is 2.42. The second-order valence-corrected chi connectivity index (χ2v) is 6.00. The quantitative estimate of drug-likeness (QED) is 0.845. The van der Waals surface area contributed by atoms with Crippen LogP contribution in [0, 0.1) is 5.92 Å². The van der Waals surface area contributed by atoms with Crippen LogP contribution in [-0.4, -0.2) is 16.5 Å². The van der Waals surface area contributed by atoms with Crippen LogP contribution in [0.2, 0.25) is 0 Å². The second-order valence-electron chi connectivity index (χ2n) is 4.71. The summed E-state index contributed by atoms with van der Waals surface area (Å²) in [6.07, 6.45) is 4.64. The van der Waals surface area contributed by atoms with Crippen molar-refractivity contribution in [2.45, 2.75) is 41.9 Å². The van der Waals surface area contributed by atoms with Gasteiger partial charge in [0.15, 0.2) is 0 Å². The molecule has 2 unspecified atom stereocenters. The Morgan fingerprint density at radius 1 is 1.33 bits per heavy atom. The van der Waals surface area contributed by atoms with E-state index in [1.54, 1.807) is 0 Å². The van der Waals surface area contributed by atoms with Gasteiger partial charge in [0, 0.05) is 10.1 Å². The monoisotopic (exact) mass is 220 g/mol. The van der Waals surface area contributed by atoms with Crippen molar-refractivity contribution >= 4 is 11.8 Å². The third kappa shape index (κ3) is 2.06. The summed E-state index contributed by atoms with van der Waals surface area (Å²) < 4.78 is 0. The van der Waals surface area contributed by atoms with Crippen molar-refractivity contribution in [1.29, 1.82) is 0 Å². The maximum absolute atomic E-state index is 10.1. The first-order valence-corrected chi connectivity index (χ1v) is 6.63. The van der Waals surface area contributed by atoms with Gasteiger partial charge in [-0.25, -0.2) is 0 Å². The lowest BCUT2D eigenvalue weighted by molar-refractivity contribution is 0.155. The van der Waals surface area contributed by atoms with Crippen molar-refractivity contribution in [2.75, 3.05) is 0 Å². The van der Waals surface area contributed by atoms with E-state index in [1.165, 1.54) is 23.3 Å². The van der Waals surface area contributed by atoms with E-state index in [4.69, 9.17) is 0 Å². The molecule has 1 heterocycles. The largest absolute Gasteiger partial charge is 0.392 e. The summed E-state index contributed by atoms with van der Waals surface area (Å²) in [5, 5.41) is 10.5. The van der Waals surface area contributed by atoms with Gasteiger partial charge in [0.1, 0.15) is 0 Å². The zero-order valence-electron chi connectivity index (χ0n) is 8.73. The Kier molecular flexibility index (Phi) is 2.49. The van der Waals surface area contributed by atoms with Crippen molar-refractivity contribution in [1.82, 2.24) is 0 Å². The van der Waals surface area contributed by atoms with E-state index in [-0.39, 0.29) is 6.10 Å². The predicted octanol–water partition coefficient (Wildman–Crippen LogP) is 2.86. The van der Waals surface area contributed by atoms with E-state index < -0.39 is 0 Å². The Morgan fingerprint density at radius 3 is 2.87 bits per heavy atom. The number of aliphatic hydroxyl groups excluding tert-OH is 1. The average molecular weight is 220 g/mol. The van der Waals surface area contributed by atoms with E-state index in [1.807, 2.05) is 11.8 Å². The van der Waals surface area contributed by atoms with Crippen LogP contribution in [0.5, 0.6) is 0 Å². The number of aliphatic hydroxyl groups is 1. The van der Waals surface area contributed by atoms with Crippen LogP contribution in [0.3, 0.4) is 0 Å². The third-order valence-electron chi connectivity index (χ3n) is 3.37. The summed E-state index contributed by atoms with van der Waals surface area (Å²) >= 11 is 1.86. The maximum Gasteiger partial charge on any atom is 0.0668 e. The lowest BCUT2D eigenvalue weighted by Gasteiger charge is -2.16. The van der Waals surface area contributed by atoms with Crippen LogP contribution in [0.4, 0.5) is 0 Å². The van der Waals surface area contributed by atoms with E-state index in [9.17, 15) is 5.11 Å². The zero-order chi connectivity index (χ0) is 10.3. The van der Waals surface area contributed by atoms with Gasteiger partial charge < -0.3 is 5.11 Å². The summed E-state index contributed by atoms with van der Waals surface area (Å²) in [6.45, 7) is 0. The van der Waals surface area contributed by atoms with Crippen LogP contribution in [-0.2, 0) is 6.42 Å². The molecule has 15 heavy (non-hydrogen) atoms. The first kappa shape index (κ1) is 9.73. The number of benzene rings is 1. The molecule has 1 fully saturated rings. The molecular weight excluding hydrogens is 204 g/mol. The molecule has 1 N–H and O–H groups in total. The number of hydrogen-bond donors (Lipinski definition) is 1. The molecule has 2 atom stereocenters. The second kappa shape index (κ2) is 3.84. The van der Waals surface area contributed by atoms with E-state index >= 15 is 0 Å². The molecular formula is C13H16OS. The lowest BCUT2D eigenvalue weighted by Crippen LogP contribution is -2.22. The van der Waals surface area contributed by atoms with Crippen molar-refractivity contribution < 1.29 is 5.11 Å². The highest BCUT2D eigenvalue weighted by molar-refractivity contribution is 8.00. The Hall–Kier alpha value is -0.470. The SMILES string of the molecule is OC(CC1CC1)C1Cc2ccccc2S1. The number of fused-ring (bicyclic) bond motifs is 1. The van der Waals surface area contributed by atoms with Gasteiger partial charge in [-0.05, 0) is 30.4 Å². The normalized spacial score (nSPS) is 26.3. The molecule has 1 aliphatic carbocycles. The maximum atomic E-state index is 10.1. The summed E-state index contributed by atoms with van der Waals surface area (Å²) in [6, 6.07) is 8.53. The summed E-state index contributed by atoms with van der Waals surface area (Å²) in [7, 11) is 0. The van der Waals surface area contributed by atoms with Crippen LogP contribution >= 0.6 is 11.8 Å². The van der Waals surface area contributed by atoms with Gasteiger partial charge in [-0.3, -0.25) is 0 Å². The Bertz CT molecular complexity index is 334. The molecule has 0 bridgehead atoms. The molecule has 1 nitrogen and oxygen atoms in total. The summed E-state index contributed by atoms with van der Waals surface area (Å²) in [5.41, 5.74) is 1.42. The van der Waals surface area contributed by atoms with Gasteiger partial charge in [-0.15, -0.1) is 11.8 Å². The Morgan fingerprint density at radius 2 is 2.13 bits per heavy atom. The smallest absolute Gasteiger partial charge is 0.0668 e. The van der Waals surface area contributed by atoms with Gasteiger partial charge in [0.05, 0.1) is 6.10 Å². The topological polar surface area (TPSA) is 20.2 Å².